The average molecular weight is 884 g/mol. The Bertz CT molecular complexity index is 2180. The van der Waals surface area contributed by atoms with Crippen LogP contribution >= 0.6 is 0 Å². The molecule has 0 saturated carbocycles. The number of H-pyrrole nitrogens is 1. The molecule has 4 aromatic rings. The molecule has 1 aromatic heterocycles. The predicted octanol–water partition coefficient (Wildman–Crippen LogP) is -0.405. The standard InChI is InChI=1S/C45H61N11O8/c1-27(57)38(44(63)64)56-43(62)36(24-29-15-6-3-7-16-29)54-41(60)35(23-28-13-4-2-5-14-28)53-42(61)37(25-30-26-51-33-19-9-8-17-31(30)33)55-40(59)34(20-12-22-50-45(48)49)52-39(58)32(47)18-10-11-21-46/h2-9,13-17,19,26-27,32,34-38,51,57H,10-12,18,20-25,46-47H2,1H3,(H,52,58)(H,53,61)(H,54,60)(H,55,59)(H,56,62)(H,63,64)(H4,48,49,50)/t27-,32+,34+,35+,36+,37+,38+/m1/s1. The molecular formula is C45H61N11O8. The molecule has 0 unspecified atom stereocenters. The van der Waals surface area contributed by atoms with Crippen LogP contribution in [0, 0.1) is 0 Å². The lowest BCUT2D eigenvalue weighted by Crippen LogP contribution is -2.60. The first-order valence-electron chi connectivity index (χ1n) is 21.2. The normalized spacial score (nSPS) is 14.4. The summed E-state index contributed by atoms with van der Waals surface area (Å²) >= 11 is 0. The maximum atomic E-state index is 14.6. The fourth-order valence-corrected chi connectivity index (χ4v) is 7.00. The number of carbonyl (C=O) groups excluding carboxylic acids is 5. The zero-order valence-electron chi connectivity index (χ0n) is 35.9. The van der Waals surface area contributed by atoms with Crippen LogP contribution in [0.5, 0.6) is 0 Å². The van der Waals surface area contributed by atoms with Crippen LogP contribution in [0.3, 0.4) is 0 Å². The zero-order chi connectivity index (χ0) is 46.6. The number of aliphatic hydroxyl groups excluding tert-OH is 1. The van der Waals surface area contributed by atoms with Gasteiger partial charge in [0.25, 0.3) is 0 Å². The number of guanidine groups is 1. The van der Waals surface area contributed by atoms with Crippen molar-refractivity contribution in [2.75, 3.05) is 13.1 Å². The number of aliphatic imine (C=N–C) groups is 1. The van der Waals surface area contributed by atoms with Gasteiger partial charge in [-0.3, -0.25) is 29.0 Å². The van der Waals surface area contributed by atoms with Gasteiger partial charge in [-0.25, -0.2) is 4.79 Å². The first-order chi connectivity index (χ1) is 30.7. The number of carboxylic acids is 1. The quantitative estimate of drug-likeness (QED) is 0.0218. The largest absolute Gasteiger partial charge is 0.480 e. The van der Waals surface area contributed by atoms with E-state index in [1.54, 1.807) is 66.9 Å². The summed E-state index contributed by atoms with van der Waals surface area (Å²) in [7, 11) is 0. The number of aromatic nitrogens is 1. The fourth-order valence-electron chi connectivity index (χ4n) is 7.00. The van der Waals surface area contributed by atoms with E-state index in [0.717, 1.165) is 10.9 Å². The number of hydrogen-bond donors (Lipinski definition) is 12. The number of rotatable bonds is 26. The Morgan fingerprint density at radius 1 is 0.641 bits per heavy atom. The van der Waals surface area contributed by atoms with Gasteiger partial charge in [-0.15, -0.1) is 0 Å². The van der Waals surface area contributed by atoms with Crippen LogP contribution in [0.15, 0.2) is 96.1 Å². The Balaban J connectivity index is 1.68. The summed E-state index contributed by atoms with van der Waals surface area (Å²) in [5.41, 5.74) is 25.5. The number of unbranched alkanes of at least 4 members (excludes halogenated alkanes) is 1. The van der Waals surface area contributed by atoms with E-state index in [0.29, 0.717) is 42.5 Å². The topological polar surface area (TPSA) is 335 Å². The molecule has 344 valence electrons. The second-order valence-corrected chi connectivity index (χ2v) is 15.6. The molecule has 0 saturated heterocycles. The van der Waals surface area contributed by atoms with E-state index in [9.17, 15) is 39.0 Å². The minimum Gasteiger partial charge on any atom is -0.480 e. The Morgan fingerprint density at radius 2 is 1.14 bits per heavy atom. The van der Waals surface area contributed by atoms with E-state index in [4.69, 9.17) is 22.9 Å². The van der Waals surface area contributed by atoms with Crippen molar-refractivity contribution in [1.29, 1.82) is 0 Å². The molecule has 16 N–H and O–H groups in total. The maximum Gasteiger partial charge on any atom is 0.328 e. The van der Waals surface area contributed by atoms with Crippen LogP contribution in [-0.4, -0.2) is 112 Å². The summed E-state index contributed by atoms with van der Waals surface area (Å²) in [6.07, 6.45) is 2.02. The summed E-state index contributed by atoms with van der Waals surface area (Å²) < 4.78 is 0. The second-order valence-electron chi connectivity index (χ2n) is 15.6. The lowest BCUT2D eigenvalue weighted by molar-refractivity contribution is -0.145. The van der Waals surface area contributed by atoms with E-state index in [1.165, 1.54) is 6.92 Å². The Labute approximate surface area is 371 Å². The molecule has 1 heterocycles. The molecule has 5 amide bonds. The molecule has 0 spiro atoms. The van der Waals surface area contributed by atoms with Gasteiger partial charge in [0.1, 0.15) is 24.2 Å². The molecule has 3 aromatic carbocycles. The number of para-hydroxylation sites is 1. The summed E-state index contributed by atoms with van der Waals surface area (Å²) in [5, 5.41) is 33.9. The van der Waals surface area contributed by atoms with Gasteiger partial charge in [-0.1, -0.05) is 85.3 Å². The van der Waals surface area contributed by atoms with E-state index in [-0.39, 0.29) is 44.6 Å². The van der Waals surface area contributed by atoms with Crippen molar-refractivity contribution >= 4 is 52.4 Å². The van der Waals surface area contributed by atoms with Gasteiger partial charge in [0, 0.05) is 42.9 Å². The number of fused-ring (bicyclic) bond motifs is 1. The van der Waals surface area contributed by atoms with Crippen molar-refractivity contribution < 1.29 is 39.0 Å². The van der Waals surface area contributed by atoms with Crippen molar-refractivity contribution in [3.8, 4) is 0 Å². The second kappa shape index (κ2) is 25.3. The Kier molecular flexibility index (Phi) is 19.7. The molecule has 4 rings (SSSR count). The maximum absolute atomic E-state index is 14.6. The van der Waals surface area contributed by atoms with Gasteiger partial charge in [0.15, 0.2) is 12.0 Å². The van der Waals surface area contributed by atoms with Crippen molar-refractivity contribution in [3.05, 3.63) is 108 Å². The van der Waals surface area contributed by atoms with Gasteiger partial charge >= 0.3 is 5.97 Å². The van der Waals surface area contributed by atoms with Crippen molar-refractivity contribution in [1.82, 2.24) is 31.6 Å². The highest BCUT2D eigenvalue weighted by Crippen LogP contribution is 2.20. The summed E-state index contributed by atoms with van der Waals surface area (Å²) in [4.78, 5) is 89.3. The highest BCUT2D eigenvalue weighted by Gasteiger charge is 2.34. The smallest absolute Gasteiger partial charge is 0.328 e. The number of nitrogens with two attached hydrogens (primary N) is 4. The molecular weight excluding hydrogens is 823 g/mol. The Morgan fingerprint density at radius 3 is 1.67 bits per heavy atom. The number of hydrogen-bond acceptors (Lipinski definition) is 10. The third kappa shape index (κ3) is 15.8. The van der Waals surface area contributed by atoms with Gasteiger partial charge in [0.05, 0.1) is 12.1 Å². The minimum absolute atomic E-state index is 0.0521. The molecule has 0 aliphatic heterocycles. The predicted molar refractivity (Wildman–Crippen MR) is 242 cm³/mol. The number of carbonyl (C=O) groups is 6. The van der Waals surface area contributed by atoms with Crippen LogP contribution in [0.4, 0.5) is 0 Å². The summed E-state index contributed by atoms with van der Waals surface area (Å²) in [6.45, 7) is 1.79. The van der Waals surface area contributed by atoms with Crippen LogP contribution < -0.4 is 49.5 Å². The Hall–Kier alpha value is -6.83. The van der Waals surface area contributed by atoms with Gasteiger partial charge in [0.2, 0.25) is 29.5 Å². The van der Waals surface area contributed by atoms with Crippen LogP contribution in [0.1, 0.15) is 55.7 Å². The highest BCUT2D eigenvalue weighted by molar-refractivity contribution is 5.97. The SMILES string of the molecule is C[C@@H](O)[C@H](NC(=O)[C@H](Cc1ccccc1)NC(=O)[C@H](Cc1ccccc1)NC(=O)[C@H](Cc1c[nH]c2ccccc12)NC(=O)[C@H](CCCN=C(N)N)NC(=O)[C@@H](N)CCCCN)C(=O)O. The van der Waals surface area contributed by atoms with Crippen LogP contribution in [0.2, 0.25) is 0 Å². The zero-order valence-corrected chi connectivity index (χ0v) is 35.9. The van der Waals surface area contributed by atoms with E-state index in [2.05, 4.69) is 36.6 Å². The van der Waals surface area contributed by atoms with Crippen LogP contribution in [-0.2, 0) is 48.0 Å². The molecule has 7 atom stereocenters. The number of carboxylic acid groups (broad SMARTS) is 1. The molecule has 0 radical (unpaired) electrons. The van der Waals surface area contributed by atoms with Crippen molar-refractivity contribution in [2.24, 2.45) is 27.9 Å². The van der Waals surface area contributed by atoms with Gasteiger partial charge in [-0.05, 0) is 61.9 Å². The molecule has 19 heteroatoms. The monoisotopic (exact) mass is 883 g/mol. The number of nitrogens with one attached hydrogen (secondary N) is 6. The van der Waals surface area contributed by atoms with Gasteiger partial charge < -0.3 is 64.7 Å². The third-order valence-electron chi connectivity index (χ3n) is 10.5. The molecule has 0 aliphatic rings. The first kappa shape index (κ1) is 49.8. The number of nitrogens with zero attached hydrogens (tertiary/aromatic N) is 1. The number of aromatic amines is 1. The fraction of sp³-hybridized carbons (Fsp3) is 0.400. The van der Waals surface area contributed by atoms with Crippen molar-refractivity contribution in [2.45, 2.75) is 101 Å². The molecule has 19 nitrogen and oxygen atoms in total. The summed E-state index contributed by atoms with van der Waals surface area (Å²) in [6, 6.07) is 17.1. The number of benzene rings is 3. The lowest BCUT2D eigenvalue weighted by Gasteiger charge is -2.27. The van der Waals surface area contributed by atoms with E-state index >= 15 is 0 Å². The number of aliphatic hydroxyl groups is 1. The molecule has 0 fully saturated rings. The van der Waals surface area contributed by atoms with E-state index in [1.807, 2.05) is 24.3 Å². The van der Waals surface area contributed by atoms with Crippen LogP contribution in [0.25, 0.3) is 10.9 Å². The molecule has 0 bridgehead atoms. The van der Waals surface area contributed by atoms with Gasteiger partial charge in [-0.2, -0.15) is 0 Å². The van der Waals surface area contributed by atoms with Crippen molar-refractivity contribution in [3.63, 3.8) is 0 Å². The molecule has 0 aliphatic carbocycles. The molecule has 64 heavy (non-hydrogen) atoms. The first-order valence-corrected chi connectivity index (χ1v) is 21.2. The summed E-state index contributed by atoms with van der Waals surface area (Å²) in [5.74, 6) is -5.34. The minimum atomic E-state index is -1.68. The number of aliphatic carboxylic acids is 1. The average Bonchev–Trinajstić information content (AvgIpc) is 3.68. The third-order valence-corrected chi connectivity index (χ3v) is 10.5. The lowest BCUT2D eigenvalue weighted by atomic mass is 10.00. The highest BCUT2D eigenvalue weighted by atomic mass is 16.4. The number of amides is 5. The van der Waals surface area contributed by atoms with E-state index < -0.39 is 77.9 Å².